The SMILES string of the molecule is CCCOc1cc(C#C[Si](C(C)C)(C(C)C)C(C)C)c(OCCC)cc1C#Cc1cc(C(C)(C)C)cc(C#Cc2cc(OCCC)c(C#C[Si](C(C)C)(C(C)C)C(C)C)cc2OCCC)c1OCCCC(=O)OC. The van der Waals surface area contributed by atoms with E-state index in [1.54, 1.807) is 0 Å². The lowest BCUT2D eigenvalue weighted by Crippen LogP contribution is -2.43. The maximum absolute atomic E-state index is 12.3. The summed E-state index contributed by atoms with van der Waals surface area (Å²) in [5, 5.41) is 0. The molecule has 3 rings (SSSR count). The Morgan fingerprint density at radius 2 is 0.743 bits per heavy atom. The summed E-state index contributed by atoms with van der Waals surface area (Å²) < 4.78 is 37.6. The average Bonchev–Trinajstić information content (AvgIpc) is 3.33. The molecule has 0 saturated carbocycles. The summed E-state index contributed by atoms with van der Waals surface area (Å²) in [6.07, 6.45) is 4.01. The van der Waals surface area contributed by atoms with Gasteiger partial charge in [0.15, 0.2) is 5.75 Å². The van der Waals surface area contributed by atoms with Crippen molar-refractivity contribution in [1.82, 2.24) is 0 Å². The first-order chi connectivity index (χ1) is 35.0. The van der Waals surface area contributed by atoms with Gasteiger partial charge in [0.1, 0.15) is 39.1 Å². The minimum Gasteiger partial charge on any atom is -0.492 e. The molecule has 3 aromatic rings. The van der Waals surface area contributed by atoms with Gasteiger partial charge < -0.3 is 28.4 Å². The number of methoxy groups -OCH3 is 1. The predicted molar refractivity (Wildman–Crippen MR) is 316 cm³/mol. The van der Waals surface area contributed by atoms with Gasteiger partial charge in [-0.3, -0.25) is 4.79 Å². The molecule has 7 nitrogen and oxygen atoms in total. The van der Waals surface area contributed by atoms with Crippen LogP contribution in [-0.2, 0) is 14.9 Å². The number of rotatable bonds is 23. The van der Waals surface area contributed by atoms with Crippen molar-refractivity contribution in [3.8, 4) is 75.4 Å². The van der Waals surface area contributed by atoms with E-state index in [0.29, 0.717) is 117 Å². The second kappa shape index (κ2) is 29.8. The van der Waals surface area contributed by atoms with Gasteiger partial charge in [-0.05, 0) is 88.5 Å². The highest BCUT2D eigenvalue weighted by molar-refractivity contribution is 6.91. The van der Waals surface area contributed by atoms with E-state index in [1.165, 1.54) is 7.11 Å². The van der Waals surface area contributed by atoms with Crippen LogP contribution in [0.3, 0.4) is 0 Å². The summed E-state index contributed by atoms with van der Waals surface area (Å²) >= 11 is 0. The molecule has 0 aliphatic rings. The number of carbonyl (C=O) groups is 1. The first-order valence-electron chi connectivity index (χ1n) is 27.8. The molecule has 0 fully saturated rings. The first-order valence-corrected chi connectivity index (χ1v) is 32.3. The molecule has 0 aromatic heterocycles. The number of carbonyl (C=O) groups excluding carboxylic acids is 1. The van der Waals surface area contributed by atoms with Gasteiger partial charge in [0.05, 0.1) is 73.5 Å². The van der Waals surface area contributed by atoms with E-state index < -0.39 is 16.1 Å². The number of hydrogen-bond donors (Lipinski definition) is 0. The Morgan fingerprint density at radius 3 is 1.01 bits per heavy atom. The number of hydrogen-bond acceptors (Lipinski definition) is 7. The molecule has 0 unspecified atom stereocenters. The molecule has 0 saturated heterocycles. The monoisotopic (exact) mass is 1040 g/mol. The van der Waals surface area contributed by atoms with Gasteiger partial charge in [-0.25, -0.2) is 0 Å². The summed E-state index contributed by atoms with van der Waals surface area (Å²) in [6, 6.07) is 12.2. The van der Waals surface area contributed by atoms with Gasteiger partial charge in [-0.1, -0.05) is 167 Å². The average molecular weight is 1040 g/mol. The van der Waals surface area contributed by atoms with Crippen LogP contribution in [0.1, 0.15) is 209 Å². The molecular formula is C65H94O7Si2. The van der Waals surface area contributed by atoms with Crippen molar-refractivity contribution in [1.29, 1.82) is 0 Å². The number of esters is 1. The third kappa shape index (κ3) is 16.7. The van der Waals surface area contributed by atoms with Crippen molar-refractivity contribution in [3.63, 3.8) is 0 Å². The fraction of sp³-hybridized carbons (Fsp3) is 0.585. The van der Waals surface area contributed by atoms with Crippen LogP contribution >= 0.6 is 0 Å². The molecule has 0 bridgehead atoms. The molecule has 0 heterocycles. The second-order valence-corrected chi connectivity index (χ2v) is 33.7. The van der Waals surface area contributed by atoms with Crippen LogP contribution in [0, 0.1) is 46.6 Å². The Hall–Kier alpha value is -5.20. The highest BCUT2D eigenvalue weighted by atomic mass is 28.3. The van der Waals surface area contributed by atoms with E-state index in [1.807, 2.05) is 24.3 Å². The summed E-state index contributed by atoms with van der Waals surface area (Å²) in [5.74, 6) is 24.4. The van der Waals surface area contributed by atoms with Crippen molar-refractivity contribution in [2.24, 2.45) is 0 Å². The van der Waals surface area contributed by atoms with Gasteiger partial charge in [0.25, 0.3) is 0 Å². The minimum absolute atomic E-state index is 0.213. The van der Waals surface area contributed by atoms with Gasteiger partial charge in [0.2, 0.25) is 0 Å². The number of ether oxygens (including phenoxy) is 6. The van der Waals surface area contributed by atoms with Crippen LogP contribution in [0.4, 0.5) is 0 Å². The predicted octanol–water partition coefficient (Wildman–Crippen LogP) is 16.4. The molecule has 0 atom stereocenters. The Labute approximate surface area is 452 Å². The lowest BCUT2D eigenvalue weighted by atomic mass is 9.84. The molecule has 0 amide bonds. The molecule has 0 N–H and O–H groups in total. The van der Waals surface area contributed by atoms with Crippen LogP contribution in [-0.4, -0.2) is 62.3 Å². The maximum atomic E-state index is 12.3. The standard InChI is InChI=1S/C65H94O7Si2/c1-21-33-68-59-44-54(31-38-73(46(5)6,47(7)8)48(9)10)61(70-35-23-3)42-52(59)27-29-56-40-58(65(17,18)19)41-57(64(56)72-37-25-26-63(66)67-20)30-28-53-43-62(71-36-24-4)55(45-60(53)69-34-22-2)32-39-74(49(11)12,50(13)14)51(15)16/h40-51H,21-26,33-37H2,1-20H3. The Morgan fingerprint density at radius 1 is 0.446 bits per heavy atom. The van der Waals surface area contributed by atoms with Crippen molar-refractivity contribution < 1.29 is 33.2 Å². The second-order valence-electron chi connectivity index (χ2n) is 22.6. The minimum atomic E-state index is -2.06. The molecule has 0 radical (unpaired) electrons. The Bertz CT molecular complexity index is 2370. The quantitative estimate of drug-likeness (QED) is 0.0405. The van der Waals surface area contributed by atoms with Crippen LogP contribution in [0.25, 0.3) is 0 Å². The maximum Gasteiger partial charge on any atom is 0.305 e. The van der Waals surface area contributed by atoms with Crippen molar-refractivity contribution in [2.75, 3.05) is 40.1 Å². The van der Waals surface area contributed by atoms with E-state index in [0.717, 1.165) is 42.4 Å². The summed E-state index contributed by atoms with van der Waals surface area (Å²) in [5.41, 5.74) is 15.8. The third-order valence-corrected chi connectivity index (χ3v) is 26.8. The van der Waals surface area contributed by atoms with Gasteiger partial charge in [-0.2, -0.15) is 0 Å². The molecule has 0 spiro atoms. The molecule has 0 aliphatic carbocycles. The van der Waals surface area contributed by atoms with Crippen molar-refractivity contribution in [3.05, 3.63) is 75.3 Å². The molecule has 74 heavy (non-hydrogen) atoms. The van der Waals surface area contributed by atoms with Crippen LogP contribution in [0.2, 0.25) is 33.2 Å². The van der Waals surface area contributed by atoms with E-state index in [9.17, 15) is 4.79 Å². The van der Waals surface area contributed by atoms with E-state index in [4.69, 9.17) is 28.4 Å². The van der Waals surface area contributed by atoms with Crippen LogP contribution < -0.4 is 23.7 Å². The molecular weight excluding hydrogens is 949 g/mol. The smallest absolute Gasteiger partial charge is 0.305 e. The highest BCUT2D eigenvalue weighted by Gasteiger charge is 2.43. The third-order valence-electron chi connectivity index (χ3n) is 14.2. The number of benzene rings is 3. The molecule has 3 aromatic carbocycles. The van der Waals surface area contributed by atoms with Gasteiger partial charge in [0, 0.05) is 30.7 Å². The normalized spacial score (nSPS) is 11.6. The zero-order chi connectivity index (χ0) is 55.4. The first kappa shape index (κ1) is 63.1. The lowest BCUT2D eigenvalue weighted by Gasteiger charge is -2.38. The fourth-order valence-electron chi connectivity index (χ4n) is 10.2. The van der Waals surface area contributed by atoms with Crippen molar-refractivity contribution in [2.45, 2.75) is 209 Å². The zero-order valence-electron chi connectivity index (χ0n) is 49.6. The summed E-state index contributed by atoms with van der Waals surface area (Å²) in [7, 11) is -2.72. The summed E-state index contributed by atoms with van der Waals surface area (Å²) in [6.45, 7) is 45.3. The van der Waals surface area contributed by atoms with E-state index in [2.05, 4.69) is 190 Å². The summed E-state index contributed by atoms with van der Waals surface area (Å²) in [4.78, 5) is 12.3. The van der Waals surface area contributed by atoms with Crippen LogP contribution in [0.5, 0.6) is 28.7 Å². The molecule has 0 aliphatic heterocycles. The fourth-order valence-corrected chi connectivity index (χ4v) is 20.7. The van der Waals surface area contributed by atoms with Crippen molar-refractivity contribution >= 4 is 22.1 Å². The molecule has 9 heteroatoms. The molecule has 404 valence electrons. The Balaban J connectivity index is 2.51. The van der Waals surface area contributed by atoms with E-state index >= 15 is 0 Å². The topological polar surface area (TPSA) is 72.5 Å². The Kier molecular flexibility index (Phi) is 25.4. The van der Waals surface area contributed by atoms with Crippen LogP contribution in [0.15, 0.2) is 36.4 Å². The highest BCUT2D eigenvalue weighted by Crippen LogP contribution is 2.43. The van der Waals surface area contributed by atoms with Gasteiger partial charge >= 0.3 is 5.97 Å². The van der Waals surface area contributed by atoms with E-state index in [-0.39, 0.29) is 24.4 Å². The lowest BCUT2D eigenvalue weighted by molar-refractivity contribution is -0.140. The van der Waals surface area contributed by atoms with Gasteiger partial charge in [-0.15, -0.1) is 11.1 Å². The zero-order valence-corrected chi connectivity index (χ0v) is 51.6. The largest absolute Gasteiger partial charge is 0.492 e.